The molecule has 0 unspecified atom stereocenters. The molecule has 0 aliphatic carbocycles. The molecule has 0 aromatic heterocycles. The molecule has 2 aromatic rings. The molecule has 3 rings (SSSR count). The van der Waals surface area contributed by atoms with Gasteiger partial charge in [0.15, 0.2) is 0 Å². The van der Waals surface area contributed by atoms with Gasteiger partial charge in [-0.25, -0.2) is 0 Å². The van der Waals surface area contributed by atoms with E-state index in [-0.39, 0.29) is 17.7 Å². The van der Waals surface area contributed by atoms with Gasteiger partial charge < -0.3 is 15.5 Å². The minimum atomic E-state index is -0.515. The molecule has 0 bridgehead atoms. The molecule has 1 aliphatic rings. The molecular weight excluding hydrogens is 354 g/mol. The van der Waals surface area contributed by atoms with Gasteiger partial charge in [-0.15, -0.1) is 0 Å². The fraction of sp³-hybridized carbons (Fsp3) is 0.318. The molecule has 0 saturated carbocycles. The summed E-state index contributed by atoms with van der Waals surface area (Å²) < 4.78 is 0. The fourth-order valence-electron chi connectivity index (χ4n) is 3.27. The Hall–Kier alpha value is -3.15. The Labute approximate surface area is 164 Å². The van der Waals surface area contributed by atoms with E-state index in [0.717, 1.165) is 12.0 Å². The van der Waals surface area contributed by atoms with Crippen molar-refractivity contribution in [3.63, 3.8) is 0 Å². The number of carbonyl (C=O) groups is 3. The van der Waals surface area contributed by atoms with Crippen LogP contribution in [0.5, 0.6) is 0 Å². The molecule has 146 valence electrons. The molecular formula is C22H25N3O3. The summed E-state index contributed by atoms with van der Waals surface area (Å²) in [6.45, 7) is 2.35. The largest absolute Gasteiger partial charge is 0.331 e. The molecule has 1 fully saturated rings. The number of hydrogen-bond acceptors (Lipinski definition) is 3. The predicted molar refractivity (Wildman–Crippen MR) is 109 cm³/mol. The molecule has 1 saturated heterocycles. The summed E-state index contributed by atoms with van der Waals surface area (Å²) in [6.07, 6.45) is 2.35. The van der Waals surface area contributed by atoms with E-state index < -0.39 is 6.04 Å². The quantitative estimate of drug-likeness (QED) is 0.775. The lowest BCUT2D eigenvalue weighted by molar-refractivity contribution is -0.134. The van der Waals surface area contributed by atoms with Crippen LogP contribution in [-0.4, -0.2) is 35.2 Å². The molecule has 2 aromatic carbocycles. The summed E-state index contributed by atoms with van der Waals surface area (Å²) in [6, 6.07) is 16.4. The topological polar surface area (TPSA) is 78.5 Å². The summed E-state index contributed by atoms with van der Waals surface area (Å²) in [5.41, 5.74) is 2.33. The maximum absolute atomic E-state index is 12.4. The van der Waals surface area contributed by atoms with Crippen LogP contribution >= 0.6 is 0 Å². The summed E-state index contributed by atoms with van der Waals surface area (Å²) >= 11 is 0. The Morgan fingerprint density at radius 2 is 1.75 bits per heavy atom. The van der Waals surface area contributed by atoms with Crippen molar-refractivity contribution in [3.8, 4) is 0 Å². The van der Waals surface area contributed by atoms with Gasteiger partial charge in [0.1, 0.15) is 6.04 Å². The highest BCUT2D eigenvalue weighted by molar-refractivity contribution is 5.98. The number of hydrogen-bond donors (Lipinski definition) is 2. The van der Waals surface area contributed by atoms with E-state index in [9.17, 15) is 14.4 Å². The van der Waals surface area contributed by atoms with Crippen molar-refractivity contribution in [3.05, 3.63) is 60.2 Å². The van der Waals surface area contributed by atoms with E-state index in [1.807, 2.05) is 30.3 Å². The Kier molecular flexibility index (Phi) is 6.42. The third-order valence-corrected chi connectivity index (χ3v) is 4.85. The van der Waals surface area contributed by atoms with Crippen LogP contribution in [0.25, 0.3) is 0 Å². The minimum absolute atomic E-state index is 0.0158. The van der Waals surface area contributed by atoms with Gasteiger partial charge in [-0.1, -0.05) is 36.4 Å². The second-order valence-corrected chi connectivity index (χ2v) is 6.97. The van der Waals surface area contributed by atoms with Crippen molar-refractivity contribution in [1.29, 1.82) is 0 Å². The molecule has 1 heterocycles. The second kappa shape index (κ2) is 9.17. The van der Waals surface area contributed by atoms with Gasteiger partial charge in [-0.05, 0) is 43.5 Å². The highest BCUT2D eigenvalue weighted by Crippen LogP contribution is 2.18. The van der Waals surface area contributed by atoms with Gasteiger partial charge in [0.25, 0.3) is 0 Å². The lowest BCUT2D eigenvalue weighted by Gasteiger charge is -2.23. The van der Waals surface area contributed by atoms with E-state index in [1.165, 1.54) is 0 Å². The summed E-state index contributed by atoms with van der Waals surface area (Å²) in [5, 5.41) is 5.69. The molecule has 2 N–H and O–H groups in total. The zero-order valence-electron chi connectivity index (χ0n) is 16.0. The molecule has 28 heavy (non-hydrogen) atoms. The highest BCUT2D eigenvalue weighted by atomic mass is 16.2. The standard InChI is InChI=1S/C22H25N3O3/c1-16(25-14-6-11-21(25)27)22(28)24-19-10-5-9-18(15-19)23-20(26)13-12-17-7-3-2-4-8-17/h2-5,7-10,15-16H,6,11-14H2,1H3,(H,23,26)(H,24,28)/t16-/m0/s1. The van der Waals surface area contributed by atoms with Crippen LogP contribution < -0.4 is 10.6 Å². The van der Waals surface area contributed by atoms with Crippen LogP contribution in [-0.2, 0) is 20.8 Å². The van der Waals surface area contributed by atoms with E-state index >= 15 is 0 Å². The average Bonchev–Trinajstić information content (AvgIpc) is 3.12. The Bertz CT molecular complexity index is 851. The van der Waals surface area contributed by atoms with Crippen LogP contribution in [0.4, 0.5) is 11.4 Å². The van der Waals surface area contributed by atoms with Crippen molar-refractivity contribution >= 4 is 29.1 Å². The first-order valence-corrected chi connectivity index (χ1v) is 9.57. The van der Waals surface area contributed by atoms with Crippen LogP contribution in [0.3, 0.4) is 0 Å². The fourth-order valence-corrected chi connectivity index (χ4v) is 3.27. The Morgan fingerprint density at radius 1 is 1.04 bits per heavy atom. The van der Waals surface area contributed by atoms with Gasteiger partial charge in [0.05, 0.1) is 0 Å². The Morgan fingerprint density at radius 3 is 2.43 bits per heavy atom. The molecule has 0 spiro atoms. The number of likely N-dealkylation sites (tertiary alicyclic amines) is 1. The number of nitrogens with zero attached hydrogens (tertiary/aromatic N) is 1. The highest BCUT2D eigenvalue weighted by Gasteiger charge is 2.29. The number of carbonyl (C=O) groups excluding carboxylic acids is 3. The number of rotatable bonds is 7. The van der Waals surface area contributed by atoms with Gasteiger partial charge in [-0.2, -0.15) is 0 Å². The molecule has 1 atom stereocenters. The third kappa shape index (κ3) is 5.19. The monoisotopic (exact) mass is 379 g/mol. The van der Waals surface area contributed by atoms with Crippen LogP contribution in [0.2, 0.25) is 0 Å². The molecule has 0 radical (unpaired) electrons. The van der Waals surface area contributed by atoms with Crippen molar-refractivity contribution in [1.82, 2.24) is 4.90 Å². The molecule has 1 aliphatic heterocycles. The van der Waals surface area contributed by atoms with Gasteiger partial charge >= 0.3 is 0 Å². The van der Waals surface area contributed by atoms with Gasteiger partial charge in [0, 0.05) is 30.8 Å². The number of benzene rings is 2. The van der Waals surface area contributed by atoms with E-state index in [1.54, 1.807) is 36.1 Å². The minimum Gasteiger partial charge on any atom is -0.331 e. The number of nitrogens with one attached hydrogen (secondary N) is 2. The van der Waals surface area contributed by atoms with Crippen molar-refractivity contribution in [2.45, 2.75) is 38.6 Å². The normalized spacial score (nSPS) is 14.6. The summed E-state index contributed by atoms with van der Waals surface area (Å²) in [5.74, 6) is -0.298. The number of amides is 3. The summed E-state index contributed by atoms with van der Waals surface area (Å²) in [4.78, 5) is 38.1. The first kappa shape index (κ1) is 19.6. The second-order valence-electron chi connectivity index (χ2n) is 6.97. The third-order valence-electron chi connectivity index (χ3n) is 4.85. The van der Waals surface area contributed by atoms with Crippen molar-refractivity contribution < 1.29 is 14.4 Å². The zero-order chi connectivity index (χ0) is 19.9. The van der Waals surface area contributed by atoms with Crippen molar-refractivity contribution in [2.24, 2.45) is 0 Å². The first-order chi connectivity index (χ1) is 13.5. The Balaban J connectivity index is 1.53. The number of aryl methyl sites for hydroxylation is 1. The van der Waals surface area contributed by atoms with Crippen LogP contribution in [0.15, 0.2) is 54.6 Å². The lowest BCUT2D eigenvalue weighted by atomic mass is 10.1. The molecule has 6 nitrogen and oxygen atoms in total. The van der Waals surface area contributed by atoms with Crippen LogP contribution in [0, 0.1) is 0 Å². The predicted octanol–water partition coefficient (Wildman–Crippen LogP) is 3.21. The molecule has 3 amide bonds. The number of anilines is 2. The molecule has 6 heteroatoms. The zero-order valence-corrected chi connectivity index (χ0v) is 16.0. The maximum atomic E-state index is 12.4. The smallest absolute Gasteiger partial charge is 0.246 e. The van der Waals surface area contributed by atoms with Gasteiger partial charge in [0.2, 0.25) is 17.7 Å². The van der Waals surface area contributed by atoms with E-state index in [4.69, 9.17) is 0 Å². The average molecular weight is 379 g/mol. The SMILES string of the molecule is C[C@@H](C(=O)Nc1cccc(NC(=O)CCc2ccccc2)c1)N1CCCC1=O. The first-order valence-electron chi connectivity index (χ1n) is 9.57. The van der Waals surface area contributed by atoms with Crippen molar-refractivity contribution in [2.75, 3.05) is 17.2 Å². The van der Waals surface area contributed by atoms with E-state index in [0.29, 0.717) is 37.2 Å². The van der Waals surface area contributed by atoms with E-state index in [2.05, 4.69) is 10.6 Å². The van der Waals surface area contributed by atoms with Crippen LogP contribution in [0.1, 0.15) is 31.7 Å². The lowest BCUT2D eigenvalue weighted by Crippen LogP contribution is -2.42. The summed E-state index contributed by atoms with van der Waals surface area (Å²) in [7, 11) is 0. The maximum Gasteiger partial charge on any atom is 0.246 e. The van der Waals surface area contributed by atoms with Gasteiger partial charge in [-0.3, -0.25) is 14.4 Å².